The molecule has 5 nitrogen and oxygen atoms in total. The van der Waals surface area contributed by atoms with E-state index in [9.17, 15) is 14.4 Å². The van der Waals surface area contributed by atoms with Crippen LogP contribution in [-0.4, -0.2) is 35.2 Å². The van der Waals surface area contributed by atoms with Crippen LogP contribution < -0.4 is 5.32 Å². The van der Waals surface area contributed by atoms with Crippen LogP contribution in [0.4, 0.5) is 0 Å². The summed E-state index contributed by atoms with van der Waals surface area (Å²) in [5.74, 6) is 0.279. The Kier molecular flexibility index (Phi) is 6.12. The normalized spacial score (nSPS) is 22.5. The molecule has 1 aromatic carbocycles. The fourth-order valence-corrected chi connectivity index (χ4v) is 4.24. The van der Waals surface area contributed by atoms with Crippen LogP contribution in [0.15, 0.2) is 22.7 Å². The topological polar surface area (TPSA) is 66.5 Å². The molecule has 1 N–H and O–H groups in total. The van der Waals surface area contributed by atoms with E-state index < -0.39 is 0 Å². The van der Waals surface area contributed by atoms with E-state index in [0.29, 0.717) is 24.0 Å². The van der Waals surface area contributed by atoms with Crippen LogP contribution in [0.3, 0.4) is 0 Å². The van der Waals surface area contributed by atoms with Crippen molar-refractivity contribution in [3.8, 4) is 0 Å². The van der Waals surface area contributed by atoms with Crippen molar-refractivity contribution in [2.24, 2.45) is 5.92 Å². The minimum absolute atomic E-state index is 0.0179. The van der Waals surface area contributed by atoms with Gasteiger partial charge in [0.15, 0.2) is 0 Å². The zero-order chi connectivity index (χ0) is 18.7. The Balaban J connectivity index is 1.45. The van der Waals surface area contributed by atoms with Crippen molar-refractivity contribution in [1.29, 1.82) is 0 Å². The van der Waals surface area contributed by atoms with Crippen molar-refractivity contribution in [1.82, 2.24) is 10.2 Å². The Morgan fingerprint density at radius 2 is 1.85 bits per heavy atom. The molecule has 0 saturated heterocycles. The highest BCUT2D eigenvalue weighted by Gasteiger charge is 2.35. The molecule has 1 saturated carbocycles. The predicted molar refractivity (Wildman–Crippen MR) is 103 cm³/mol. The largest absolute Gasteiger partial charge is 0.353 e. The number of imide groups is 1. The van der Waals surface area contributed by atoms with Crippen LogP contribution >= 0.6 is 15.9 Å². The summed E-state index contributed by atoms with van der Waals surface area (Å²) in [6, 6.07) is 5.38. The summed E-state index contributed by atoms with van der Waals surface area (Å²) in [6.07, 6.45) is 6.53. The van der Waals surface area contributed by atoms with Gasteiger partial charge in [-0.15, -0.1) is 0 Å². The maximum Gasteiger partial charge on any atom is 0.261 e. The highest BCUT2D eigenvalue weighted by Crippen LogP contribution is 2.27. The van der Waals surface area contributed by atoms with Gasteiger partial charge in [0, 0.05) is 23.5 Å². The first kappa shape index (κ1) is 19.1. The molecule has 1 aliphatic carbocycles. The number of nitrogens with one attached hydrogen (secondary N) is 1. The monoisotopic (exact) mass is 420 g/mol. The van der Waals surface area contributed by atoms with Crippen molar-refractivity contribution in [2.45, 2.75) is 57.9 Å². The maximum absolute atomic E-state index is 12.4. The molecule has 140 valence electrons. The maximum atomic E-state index is 12.4. The molecule has 0 bridgehead atoms. The number of benzene rings is 1. The lowest BCUT2D eigenvalue weighted by atomic mass is 9.84. The second-order valence-electron chi connectivity index (χ2n) is 7.25. The number of hydrogen-bond acceptors (Lipinski definition) is 3. The average Bonchev–Trinajstić information content (AvgIpc) is 2.86. The molecule has 1 aliphatic heterocycles. The van der Waals surface area contributed by atoms with Gasteiger partial charge in [0.1, 0.15) is 0 Å². The first-order valence-electron chi connectivity index (χ1n) is 9.44. The van der Waals surface area contributed by atoms with E-state index in [4.69, 9.17) is 0 Å². The van der Waals surface area contributed by atoms with Crippen LogP contribution in [0, 0.1) is 5.92 Å². The molecule has 26 heavy (non-hydrogen) atoms. The van der Waals surface area contributed by atoms with Gasteiger partial charge in [-0.05, 0) is 56.2 Å². The summed E-state index contributed by atoms with van der Waals surface area (Å²) >= 11 is 3.32. The standard InChI is InChI=1S/C20H25BrN2O3/c1-2-13-5-8-15(9-6-13)22-18(24)4-3-11-23-19(25)16-10-7-14(21)12-17(16)20(23)26/h7,10,12-13,15H,2-6,8-9,11H2,1H3,(H,22,24). The number of amides is 3. The summed E-state index contributed by atoms with van der Waals surface area (Å²) in [7, 11) is 0. The summed E-state index contributed by atoms with van der Waals surface area (Å²) in [5, 5.41) is 3.10. The summed E-state index contributed by atoms with van der Waals surface area (Å²) in [6.45, 7) is 2.50. The van der Waals surface area contributed by atoms with Gasteiger partial charge in [0.05, 0.1) is 11.1 Å². The number of carbonyl (C=O) groups excluding carboxylic acids is 3. The van der Waals surface area contributed by atoms with Gasteiger partial charge < -0.3 is 5.32 Å². The Bertz CT molecular complexity index is 711. The number of halogens is 1. The van der Waals surface area contributed by atoms with Gasteiger partial charge in [-0.3, -0.25) is 19.3 Å². The first-order chi connectivity index (χ1) is 12.5. The third kappa shape index (κ3) is 4.17. The number of nitrogens with zero attached hydrogens (tertiary/aromatic N) is 1. The van der Waals surface area contributed by atoms with Crippen molar-refractivity contribution in [3.63, 3.8) is 0 Å². The molecule has 0 spiro atoms. The van der Waals surface area contributed by atoms with Crippen molar-refractivity contribution in [2.75, 3.05) is 6.54 Å². The van der Waals surface area contributed by atoms with E-state index in [1.807, 2.05) is 0 Å². The highest BCUT2D eigenvalue weighted by atomic mass is 79.9. The molecule has 6 heteroatoms. The molecule has 1 fully saturated rings. The Morgan fingerprint density at radius 3 is 2.54 bits per heavy atom. The smallest absolute Gasteiger partial charge is 0.261 e. The molecule has 3 amide bonds. The lowest BCUT2D eigenvalue weighted by molar-refractivity contribution is -0.122. The van der Waals surface area contributed by atoms with Gasteiger partial charge in [-0.25, -0.2) is 0 Å². The van der Waals surface area contributed by atoms with E-state index >= 15 is 0 Å². The fraction of sp³-hybridized carbons (Fsp3) is 0.550. The summed E-state index contributed by atoms with van der Waals surface area (Å²) in [4.78, 5) is 38.2. The molecule has 0 aromatic heterocycles. The van der Waals surface area contributed by atoms with E-state index in [-0.39, 0.29) is 30.3 Å². The molecule has 0 unspecified atom stereocenters. The molecule has 0 atom stereocenters. The molecule has 0 radical (unpaired) electrons. The second-order valence-corrected chi connectivity index (χ2v) is 8.16. The van der Waals surface area contributed by atoms with Gasteiger partial charge in [0.25, 0.3) is 11.8 Å². The van der Waals surface area contributed by atoms with Crippen LogP contribution in [0.5, 0.6) is 0 Å². The van der Waals surface area contributed by atoms with Crippen molar-refractivity contribution >= 4 is 33.7 Å². The van der Waals surface area contributed by atoms with Gasteiger partial charge in [-0.1, -0.05) is 29.3 Å². The van der Waals surface area contributed by atoms with Crippen LogP contribution in [0.1, 0.15) is 72.6 Å². The zero-order valence-electron chi connectivity index (χ0n) is 15.1. The van der Waals surface area contributed by atoms with E-state index in [1.54, 1.807) is 18.2 Å². The number of carbonyl (C=O) groups is 3. The van der Waals surface area contributed by atoms with Gasteiger partial charge >= 0.3 is 0 Å². The van der Waals surface area contributed by atoms with Crippen LogP contribution in [0.2, 0.25) is 0 Å². The van der Waals surface area contributed by atoms with E-state index in [1.165, 1.54) is 24.2 Å². The Labute approximate surface area is 162 Å². The molecular formula is C20H25BrN2O3. The number of hydrogen-bond donors (Lipinski definition) is 1. The molecule has 1 aromatic rings. The first-order valence-corrected chi connectivity index (χ1v) is 10.2. The van der Waals surface area contributed by atoms with E-state index in [2.05, 4.69) is 28.2 Å². The predicted octanol–water partition coefficient (Wildman–Crippen LogP) is 3.91. The third-order valence-electron chi connectivity index (χ3n) is 5.51. The number of rotatable bonds is 6. The lowest BCUT2D eigenvalue weighted by Gasteiger charge is -2.28. The summed E-state index contributed by atoms with van der Waals surface area (Å²) < 4.78 is 0.774. The average molecular weight is 421 g/mol. The van der Waals surface area contributed by atoms with Gasteiger partial charge in [0.2, 0.25) is 5.91 Å². The highest BCUT2D eigenvalue weighted by molar-refractivity contribution is 9.10. The van der Waals surface area contributed by atoms with Crippen molar-refractivity contribution < 1.29 is 14.4 Å². The molecular weight excluding hydrogens is 396 g/mol. The Hall–Kier alpha value is -1.69. The zero-order valence-corrected chi connectivity index (χ0v) is 16.7. The molecule has 3 rings (SSSR count). The van der Waals surface area contributed by atoms with E-state index in [0.717, 1.165) is 23.2 Å². The van der Waals surface area contributed by atoms with Crippen LogP contribution in [-0.2, 0) is 4.79 Å². The van der Waals surface area contributed by atoms with Gasteiger partial charge in [-0.2, -0.15) is 0 Å². The number of fused-ring (bicyclic) bond motifs is 1. The van der Waals surface area contributed by atoms with Crippen molar-refractivity contribution in [3.05, 3.63) is 33.8 Å². The second kappa shape index (κ2) is 8.33. The SMILES string of the molecule is CCC1CCC(NC(=O)CCCN2C(=O)c3ccc(Br)cc3C2=O)CC1. The molecule has 1 heterocycles. The lowest BCUT2D eigenvalue weighted by Crippen LogP contribution is -2.38. The third-order valence-corrected chi connectivity index (χ3v) is 6.00. The Morgan fingerprint density at radius 1 is 1.15 bits per heavy atom. The molecule has 2 aliphatic rings. The van der Waals surface area contributed by atoms with Crippen LogP contribution in [0.25, 0.3) is 0 Å². The fourth-order valence-electron chi connectivity index (χ4n) is 3.88. The quantitative estimate of drug-likeness (QED) is 0.709. The minimum atomic E-state index is -0.274. The minimum Gasteiger partial charge on any atom is -0.353 e. The summed E-state index contributed by atoms with van der Waals surface area (Å²) in [5.41, 5.74) is 0.872.